The summed E-state index contributed by atoms with van der Waals surface area (Å²) < 4.78 is 5.04. The molecule has 0 bridgehead atoms. The van der Waals surface area contributed by atoms with Crippen LogP contribution < -0.4 is 5.32 Å². The fraction of sp³-hybridized carbons (Fsp3) is 0.300. The van der Waals surface area contributed by atoms with Gasteiger partial charge < -0.3 is 9.84 Å². The Morgan fingerprint density at radius 3 is 3.00 bits per heavy atom. The Bertz CT molecular complexity index is 510. The summed E-state index contributed by atoms with van der Waals surface area (Å²) >= 11 is 0. The van der Waals surface area contributed by atoms with Gasteiger partial charge in [0.1, 0.15) is 11.7 Å². The third-order valence-electron chi connectivity index (χ3n) is 2.03. The van der Waals surface area contributed by atoms with Crippen molar-refractivity contribution in [3.05, 3.63) is 24.2 Å². The van der Waals surface area contributed by atoms with Gasteiger partial charge in [-0.25, -0.2) is 0 Å². The molecule has 2 aromatic heterocycles. The molecular weight excluding hydrogens is 222 g/mol. The van der Waals surface area contributed by atoms with Gasteiger partial charge in [-0.3, -0.25) is 4.79 Å². The highest BCUT2D eigenvalue weighted by molar-refractivity contribution is 5.73. The minimum Gasteiger partial charge on any atom is -0.345 e. The van der Waals surface area contributed by atoms with Gasteiger partial charge in [0.15, 0.2) is 0 Å². The van der Waals surface area contributed by atoms with Crippen molar-refractivity contribution in [2.75, 3.05) is 0 Å². The zero-order chi connectivity index (χ0) is 12.3. The van der Waals surface area contributed by atoms with Crippen LogP contribution in [0.15, 0.2) is 22.9 Å². The fourth-order valence-electron chi connectivity index (χ4n) is 1.30. The lowest BCUT2D eigenvalue weighted by molar-refractivity contribution is -0.119. The number of carbonyl (C=O) groups excluding carboxylic acids is 1. The van der Waals surface area contributed by atoms with Gasteiger partial charge in [-0.1, -0.05) is 5.16 Å². The Balaban J connectivity index is 2.19. The lowest BCUT2D eigenvalue weighted by Crippen LogP contribution is -2.23. The fourth-order valence-corrected chi connectivity index (χ4v) is 1.30. The maximum Gasteiger partial charge on any atom is 0.249 e. The molecule has 0 radical (unpaired) electrons. The van der Waals surface area contributed by atoms with E-state index in [0.717, 1.165) is 0 Å². The first kappa shape index (κ1) is 11.2. The number of nitrogens with zero attached hydrogens (tertiary/aromatic N) is 4. The average Bonchev–Trinajstić information content (AvgIpc) is 2.78. The van der Waals surface area contributed by atoms with E-state index >= 15 is 0 Å². The van der Waals surface area contributed by atoms with Crippen molar-refractivity contribution in [1.82, 2.24) is 25.7 Å². The normalized spacial score (nSPS) is 12.1. The predicted octanol–water partition coefficient (Wildman–Crippen LogP) is 0.724. The summed E-state index contributed by atoms with van der Waals surface area (Å²) in [5.74, 6) is 0.530. The summed E-state index contributed by atoms with van der Waals surface area (Å²) in [5.41, 5.74) is 0.525. The summed E-state index contributed by atoms with van der Waals surface area (Å²) in [4.78, 5) is 15.0. The van der Waals surface area contributed by atoms with Crippen LogP contribution in [-0.4, -0.2) is 26.2 Å². The van der Waals surface area contributed by atoms with Crippen LogP contribution in [0.4, 0.5) is 0 Å². The molecule has 0 aliphatic rings. The van der Waals surface area contributed by atoms with E-state index < -0.39 is 0 Å². The van der Waals surface area contributed by atoms with Gasteiger partial charge in [0.25, 0.3) is 0 Å². The van der Waals surface area contributed by atoms with Gasteiger partial charge in [-0.15, -0.1) is 5.10 Å². The Hall–Kier alpha value is -2.31. The van der Waals surface area contributed by atoms with E-state index in [1.807, 2.05) is 0 Å². The van der Waals surface area contributed by atoms with Gasteiger partial charge in [-0.2, -0.15) is 10.1 Å². The largest absolute Gasteiger partial charge is 0.345 e. The van der Waals surface area contributed by atoms with Crippen LogP contribution in [0.25, 0.3) is 11.5 Å². The topological polar surface area (TPSA) is 93.8 Å². The molecule has 0 saturated carbocycles. The Morgan fingerprint density at radius 2 is 2.35 bits per heavy atom. The number of amides is 1. The van der Waals surface area contributed by atoms with Crippen LogP contribution in [0.3, 0.4) is 0 Å². The van der Waals surface area contributed by atoms with Crippen molar-refractivity contribution >= 4 is 5.91 Å². The quantitative estimate of drug-likeness (QED) is 0.839. The third-order valence-corrected chi connectivity index (χ3v) is 2.03. The summed E-state index contributed by atoms with van der Waals surface area (Å²) in [6, 6.07) is 3.13. The molecule has 1 amide bonds. The van der Waals surface area contributed by atoms with Gasteiger partial charge in [-0.05, 0) is 19.1 Å². The molecule has 0 fully saturated rings. The minimum atomic E-state index is -0.328. The molecule has 0 aliphatic heterocycles. The molecule has 2 aromatic rings. The van der Waals surface area contributed by atoms with Crippen molar-refractivity contribution in [2.24, 2.45) is 0 Å². The predicted molar refractivity (Wildman–Crippen MR) is 57.6 cm³/mol. The first-order valence-corrected chi connectivity index (χ1v) is 5.05. The van der Waals surface area contributed by atoms with Gasteiger partial charge in [0.05, 0.1) is 0 Å². The average molecular weight is 233 g/mol. The lowest BCUT2D eigenvalue weighted by Gasteiger charge is -2.05. The molecule has 7 heteroatoms. The molecule has 17 heavy (non-hydrogen) atoms. The number of hydrogen-bond donors (Lipinski definition) is 1. The second-order valence-electron chi connectivity index (χ2n) is 3.49. The highest BCUT2D eigenvalue weighted by Gasteiger charge is 2.16. The smallest absolute Gasteiger partial charge is 0.249 e. The van der Waals surface area contributed by atoms with E-state index in [0.29, 0.717) is 17.4 Å². The molecule has 2 rings (SSSR count). The minimum absolute atomic E-state index is 0.156. The molecular formula is C10H11N5O2. The van der Waals surface area contributed by atoms with Gasteiger partial charge in [0, 0.05) is 13.1 Å². The van der Waals surface area contributed by atoms with Crippen molar-refractivity contribution in [1.29, 1.82) is 0 Å². The van der Waals surface area contributed by atoms with Crippen LogP contribution in [-0.2, 0) is 4.79 Å². The zero-order valence-electron chi connectivity index (χ0n) is 9.41. The second kappa shape index (κ2) is 4.69. The van der Waals surface area contributed by atoms with E-state index in [4.69, 9.17) is 4.52 Å². The molecule has 88 valence electrons. The number of aromatic nitrogens is 4. The van der Waals surface area contributed by atoms with Crippen LogP contribution in [0.1, 0.15) is 25.8 Å². The maximum atomic E-state index is 10.9. The number of hydrogen-bond acceptors (Lipinski definition) is 6. The molecule has 0 saturated heterocycles. The molecule has 0 aromatic carbocycles. The molecule has 2 heterocycles. The molecule has 0 spiro atoms. The number of rotatable bonds is 3. The lowest BCUT2D eigenvalue weighted by atomic mass is 10.3. The molecule has 0 aliphatic carbocycles. The van der Waals surface area contributed by atoms with E-state index in [1.54, 1.807) is 25.3 Å². The van der Waals surface area contributed by atoms with Crippen LogP contribution in [0.2, 0.25) is 0 Å². The van der Waals surface area contributed by atoms with Crippen LogP contribution in [0, 0.1) is 0 Å². The highest BCUT2D eigenvalue weighted by atomic mass is 16.5. The molecule has 7 nitrogen and oxygen atoms in total. The second-order valence-corrected chi connectivity index (χ2v) is 3.49. The van der Waals surface area contributed by atoms with E-state index in [1.165, 1.54) is 6.92 Å². The zero-order valence-corrected chi connectivity index (χ0v) is 9.41. The van der Waals surface area contributed by atoms with E-state index in [9.17, 15) is 4.79 Å². The molecule has 1 atom stereocenters. The van der Waals surface area contributed by atoms with Crippen LogP contribution in [0.5, 0.6) is 0 Å². The number of nitrogens with one attached hydrogen (secondary N) is 1. The van der Waals surface area contributed by atoms with Gasteiger partial charge in [0.2, 0.25) is 17.6 Å². The number of carbonyl (C=O) groups is 1. The SMILES string of the molecule is CC(=O)N[C@@H](C)c1nc(-c2cccnn2)no1. The highest BCUT2D eigenvalue weighted by Crippen LogP contribution is 2.15. The van der Waals surface area contributed by atoms with Crippen molar-refractivity contribution < 1.29 is 9.32 Å². The van der Waals surface area contributed by atoms with Crippen molar-refractivity contribution in [3.8, 4) is 11.5 Å². The van der Waals surface area contributed by atoms with Crippen molar-refractivity contribution in [2.45, 2.75) is 19.9 Å². The maximum absolute atomic E-state index is 10.9. The van der Waals surface area contributed by atoms with Crippen LogP contribution >= 0.6 is 0 Å². The van der Waals surface area contributed by atoms with E-state index in [-0.39, 0.29) is 11.9 Å². The summed E-state index contributed by atoms with van der Waals surface area (Å²) in [6.45, 7) is 3.19. The Morgan fingerprint density at radius 1 is 1.53 bits per heavy atom. The monoisotopic (exact) mass is 233 g/mol. The summed E-state index contributed by atoms with van der Waals surface area (Å²) in [5, 5.41) is 14.0. The summed E-state index contributed by atoms with van der Waals surface area (Å²) in [7, 11) is 0. The molecule has 1 N–H and O–H groups in total. The van der Waals surface area contributed by atoms with E-state index in [2.05, 4.69) is 25.7 Å². The Labute approximate surface area is 97.3 Å². The standard InChI is InChI=1S/C10H11N5O2/c1-6(12-7(2)16)10-13-9(15-17-10)8-4-3-5-11-14-8/h3-6H,1-2H3,(H,12,16)/t6-/m0/s1. The third kappa shape index (κ3) is 2.63. The summed E-state index contributed by atoms with van der Waals surface area (Å²) in [6.07, 6.45) is 1.56. The van der Waals surface area contributed by atoms with Crippen molar-refractivity contribution in [3.63, 3.8) is 0 Å². The molecule has 0 unspecified atom stereocenters. The first-order chi connectivity index (χ1) is 8.16. The van der Waals surface area contributed by atoms with Gasteiger partial charge >= 0.3 is 0 Å². The Kier molecular flexibility index (Phi) is 3.08. The first-order valence-electron chi connectivity index (χ1n) is 5.05.